The lowest BCUT2D eigenvalue weighted by Gasteiger charge is -2.36. The zero-order valence-electron chi connectivity index (χ0n) is 12.1. The molecule has 0 spiro atoms. The molecule has 0 aliphatic heterocycles. The second kappa shape index (κ2) is 6.46. The molecule has 0 saturated heterocycles. The molecule has 0 bridgehead atoms. The highest BCUT2D eigenvalue weighted by molar-refractivity contribution is 6.30. The topological polar surface area (TPSA) is 34.1 Å². The molecule has 3 nitrogen and oxygen atoms in total. The molecule has 0 atom stereocenters. The standard InChI is InChI=1S/C17H19ClN2O/c1-21-17-7-2-12(11-20-17)10-19-16-8-14(9-16)13-3-5-15(18)6-4-13/h2-7,11,14,16,19H,8-10H2,1H3. The highest BCUT2D eigenvalue weighted by atomic mass is 35.5. The number of methoxy groups -OCH3 is 1. The number of ether oxygens (including phenoxy) is 1. The van der Waals surface area contributed by atoms with Crippen molar-refractivity contribution in [3.63, 3.8) is 0 Å². The van der Waals surface area contributed by atoms with Crippen LogP contribution in [0.2, 0.25) is 5.02 Å². The number of aromatic nitrogens is 1. The third-order valence-electron chi connectivity index (χ3n) is 4.08. The molecule has 1 aliphatic carbocycles. The van der Waals surface area contributed by atoms with Crippen LogP contribution in [0.15, 0.2) is 42.6 Å². The van der Waals surface area contributed by atoms with Gasteiger partial charge in [-0.2, -0.15) is 0 Å². The van der Waals surface area contributed by atoms with Crippen molar-refractivity contribution >= 4 is 11.6 Å². The molecule has 1 N–H and O–H groups in total. The fraction of sp³-hybridized carbons (Fsp3) is 0.353. The third kappa shape index (κ3) is 3.55. The van der Waals surface area contributed by atoms with Crippen molar-refractivity contribution in [3.05, 3.63) is 58.7 Å². The minimum atomic E-state index is 0.591. The van der Waals surface area contributed by atoms with Crippen molar-refractivity contribution in [1.82, 2.24) is 10.3 Å². The Morgan fingerprint density at radius 3 is 2.57 bits per heavy atom. The normalized spacial score (nSPS) is 20.9. The van der Waals surface area contributed by atoms with Crippen molar-refractivity contribution < 1.29 is 4.74 Å². The van der Waals surface area contributed by atoms with Gasteiger partial charge in [0.25, 0.3) is 0 Å². The van der Waals surface area contributed by atoms with Gasteiger partial charge in [0.1, 0.15) is 0 Å². The number of benzene rings is 1. The summed E-state index contributed by atoms with van der Waals surface area (Å²) >= 11 is 5.92. The van der Waals surface area contributed by atoms with Gasteiger partial charge in [0.05, 0.1) is 7.11 Å². The summed E-state index contributed by atoms with van der Waals surface area (Å²) in [5, 5.41) is 4.38. The van der Waals surface area contributed by atoms with Crippen molar-refractivity contribution in [2.45, 2.75) is 31.3 Å². The summed E-state index contributed by atoms with van der Waals surface area (Å²) in [5.41, 5.74) is 2.58. The average Bonchev–Trinajstić information content (AvgIpc) is 2.48. The maximum absolute atomic E-state index is 5.92. The number of halogens is 1. The maximum atomic E-state index is 5.92. The monoisotopic (exact) mass is 302 g/mol. The molecule has 2 aromatic rings. The number of pyridine rings is 1. The molecule has 4 heteroatoms. The second-order valence-corrected chi connectivity index (χ2v) is 5.94. The molecule has 21 heavy (non-hydrogen) atoms. The van der Waals surface area contributed by atoms with E-state index in [1.54, 1.807) is 7.11 Å². The molecule has 1 aliphatic rings. The van der Waals surface area contributed by atoms with Crippen LogP contribution < -0.4 is 10.1 Å². The molecular weight excluding hydrogens is 284 g/mol. The Hall–Kier alpha value is -1.58. The molecule has 1 aromatic carbocycles. The van der Waals surface area contributed by atoms with Gasteiger partial charge < -0.3 is 10.1 Å². The molecule has 1 saturated carbocycles. The summed E-state index contributed by atoms with van der Waals surface area (Å²) < 4.78 is 5.06. The summed E-state index contributed by atoms with van der Waals surface area (Å²) in [6.45, 7) is 0.856. The van der Waals surface area contributed by atoms with Crippen LogP contribution in [0.5, 0.6) is 5.88 Å². The van der Waals surface area contributed by atoms with Crippen LogP contribution in [0.25, 0.3) is 0 Å². The predicted molar refractivity (Wildman–Crippen MR) is 84.8 cm³/mol. The van der Waals surface area contributed by atoms with Gasteiger partial charge in [-0.05, 0) is 42.0 Å². The van der Waals surface area contributed by atoms with Crippen LogP contribution in [0.1, 0.15) is 29.9 Å². The zero-order chi connectivity index (χ0) is 14.7. The Labute approximate surface area is 130 Å². The minimum Gasteiger partial charge on any atom is -0.481 e. The molecule has 0 amide bonds. The summed E-state index contributed by atoms with van der Waals surface area (Å²) in [4.78, 5) is 4.22. The van der Waals surface area contributed by atoms with E-state index in [0.29, 0.717) is 17.8 Å². The van der Waals surface area contributed by atoms with Crippen molar-refractivity contribution in [2.75, 3.05) is 7.11 Å². The van der Waals surface area contributed by atoms with Gasteiger partial charge in [-0.1, -0.05) is 29.8 Å². The fourth-order valence-corrected chi connectivity index (χ4v) is 2.82. The molecule has 1 fully saturated rings. The molecular formula is C17H19ClN2O. The summed E-state index contributed by atoms with van der Waals surface area (Å²) in [6, 6.07) is 12.8. The minimum absolute atomic E-state index is 0.591. The van der Waals surface area contributed by atoms with Gasteiger partial charge in [-0.15, -0.1) is 0 Å². The first-order valence-electron chi connectivity index (χ1n) is 7.22. The van der Waals surface area contributed by atoms with Crippen molar-refractivity contribution in [1.29, 1.82) is 0 Å². The summed E-state index contributed by atoms with van der Waals surface area (Å²) in [7, 11) is 1.63. The van der Waals surface area contributed by atoms with Gasteiger partial charge >= 0.3 is 0 Å². The first-order chi connectivity index (χ1) is 10.2. The lowest BCUT2D eigenvalue weighted by Crippen LogP contribution is -2.39. The third-order valence-corrected chi connectivity index (χ3v) is 4.33. The van der Waals surface area contributed by atoms with Crippen LogP contribution >= 0.6 is 11.6 Å². The smallest absolute Gasteiger partial charge is 0.212 e. The van der Waals surface area contributed by atoms with E-state index in [0.717, 1.165) is 11.6 Å². The zero-order valence-corrected chi connectivity index (χ0v) is 12.8. The maximum Gasteiger partial charge on any atom is 0.212 e. The quantitative estimate of drug-likeness (QED) is 0.912. The summed E-state index contributed by atoms with van der Waals surface area (Å²) in [6.07, 6.45) is 4.23. The van der Waals surface area contributed by atoms with Gasteiger partial charge in [0, 0.05) is 29.9 Å². The Morgan fingerprint density at radius 2 is 1.95 bits per heavy atom. The van der Waals surface area contributed by atoms with Gasteiger partial charge in [-0.3, -0.25) is 0 Å². The highest BCUT2D eigenvalue weighted by Gasteiger charge is 2.29. The van der Waals surface area contributed by atoms with E-state index >= 15 is 0 Å². The second-order valence-electron chi connectivity index (χ2n) is 5.51. The van der Waals surface area contributed by atoms with E-state index < -0.39 is 0 Å². The van der Waals surface area contributed by atoms with Crippen LogP contribution in [0.3, 0.4) is 0 Å². The first-order valence-corrected chi connectivity index (χ1v) is 7.60. The molecule has 0 unspecified atom stereocenters. The Bertz CT molecular complexity index is 577. The molecule has 3 rings (SSSR count). The van der Waals surface area contributed by atoms with Crippen molar-refractivity contribution in [2.24, 2.45) is 0 Å². The predicted octanol–water partition coefficient (Wildman–Crippen LogP) is 3.78. The van der Waals surface area contributed by atoms with Crippen LogP contribution in [0.4, 0.5) is 0 Å². The highest BCUT2D eigenvalue weighted by Crippen LogP contribution is 2.37. The van der Waals surface area contributed by atoms with Crippen LogP contribution in [-0.2, 0) is 6.54 Å². The van der Waals surface area contributed by atoms with Gasteiger partial charge in [0.2, 0.25) is 5.88 Å². The number of hydrogen-bond donors (Lipinski definition) is 1. The van der Waals surface area contributed by atoms with E-state index in [1.165, 1.54) is 24.0 Å². The lowest BCUT2D eigenvalue weighted by atomic mass is 9.76. The number of nitrogens with zero attached hydrogens (tertiary/aromatic N) is 1. The lowest BCUT2D eigenvalue weighted by molar-refractivity contribution is 0.289. The van der Waals surface area contributed by atoms with E-state index in [4.69, 9.17) is 16.3 Å². The van der Waals surface area contributed by atoms with Gasteiger partial charge in [0.15, 0.2) is 0 Å². The van der Waals surface area contributed by atoms with E-state index in [2.05, 4.69) is 22.4 Å². The number of nitrogens with one attached hydrogen (secondary N) is 1. The van der Waals surface area contributed by atoms with E-state index in [-0.39, 0.29) is 0 Å². The Morgan fingerprint density at radius 1 is 1.19 bits per heavy atom. The van der Waals surface area contributed by atoms with E-state index in [1.807, 2.05) is 30.5 Å². The Kier molecular flexibility index (Phi) is 4.42. The number of hydrogen-bond acceptors (Lipinski definition) is 3. The van der Waals surface area contributed by atoms with Crippen LogP contribution in [-0.4, -0.2) is 18.1 Å². The molecule has 1 heterocycles. The van der Waals surface area contributed by atoms with Gasteiger partial charge in [-0.25, -0.2) is 4.98 Å². The first kappa shape index (κ1) is 14.4. The number of rotatable bonds is 5. The SMILES string of the molecule is COc1ccc(CNC2CC(c3ccc(Cl)cc3)C2)cn1. The largest absolute Gasteiger partial charge is 0.481 e. The Balaban J connectivity index is 1.45. The molecule has 110 valence electrons. The molecule has 0 radical (unpaired) electrons. The fourth-order valence-electron chi connectivity index (χ4n) is 2.69. The van der Waals surface area contributed by atoms with E-state index in [9.17, 15) is 0 Å². The average molecular weight is 303 g/mol. The van der Waals surface area contributed by atoms with Crippen LogP contribution in [0, 0.1) is 0 Å². The van der Waals surface area contributed by atoms with Crippen molar-refractivity contribution in [3.8, 4) is 5.88 Å². The summed E-state index contributed by atoms with van der Waals surface area (Å²) in [5.74, 6) is 1.32. The molecule has 1 aromatic heterocycles.